The Balaban J connectivity index is 2.94. The Morgan fingerprint density at radius 1 is 1.50 bits per heavy atom. The number of hydrogen-bond donors (Lipinski definition) is 1. The number of anilines is 1. The van der Waals surface area contributed by atoms with Crippen LogP contribution in [0.25, 0.3) is 5.65 Å². The van der Waals surface area contributed by atoms with Gasteiger partial charge in [-0.15, -0.1) is 0 Å². The van der Waals surface area contributed by atoms with E-state index in [0.29, 0.717) is 11.5 Å². The van der Waals surface area contributed by atoms with Gasteiger partial charge in [-0.05, 0) is 12.1 Å². The number of fused-ring (bicyclic) bond motifs is 1. The van der Waals surface area contributed by atoms with Gasteiger partial charge in [0, 0.05) is 6.07 Å². The van der Waals surface area contributed by atoms with Gasteiger partial charge in [0.15, 0.2) is 0 Å². The molecule has 0 aromatic carbocycles. The van der Waals surface area contributed by atoms with Crippen LogP contribution in [-0.4, -0.2) is 16.5 Å². The third-order valence-corrected chi connectivity index (χ3v) is 1.88. The van der Waals surface area contributed by atoms with E-state index in [1.807, 2.05) is 0 Å². The number of pyridine rings is 1. The van der Waals surface area contributed by atoms with Crippen LogP contribution in [0.3, 0.4) is 0 Å². The molecule has 0 aliphatic carbocycles. The first kappa shape index (κ1) is 8.55. The lowest BCUT2D eigenvalue weighted by atomic mass is 10.4. The van der Waals surface area contributed by atoms with Gasteiger partial charge >= 0.3 is 0 Å². The standard InChI is InChI=1S/C9H9N3O2/c1-14-9-4-2-3-7-11-6(10)5-8(13)12(7)9/h2-5H,10H2,1H3. The summed E-state index contributed by atoms with van der Waals surface area (Å²) in [7, 11) is 1.50. The number of nitrogens with zero attached hydrogens (tertiary/aromatic N) is 2. The van der Waals surface area contributed by atoms with Gasteiger partial charge in [-0.2, -0.15) is 0 Å². The van der Waals surface area contributed by atoms with Crippen LogP contribution in [0.15, 0.2) is 29.1 Å². The molecule has 0 saturated carbocycles. The molecular formula is C9H9N3O2. The van der Waals surface area contributed by atoms with Crippen LogP contribution in [0.5, 0.6) is 5.88 Å². The predicted octanol–water partition coefficient (Wildman–Crippen LogP) is 0.285. The minimum absolute atomic E-state index is 0.211. The minimum atomic E-state index is -0.245. The van der Waals surface area contributed by atoms with Crippen LogP contribution in [0.4, 0.5) is 5.82 Å². The Kier molecular flexibility index (Phi) is 1.85. The Labute approximate surface area is 79.8 Å². The lowest BCUT2D eigenvalue weighted by Crippen LogP contribution is -2.16. The quantitative estimate of drug-likeness (QED) is 0.703. The Hall–Kier alpha value is -2.04. The molecule has 0 amide bonds. The van der Waals surface area contributed by atoms with Crippen molar-refractivity contribution in [3.8, 4) is 5.88 Å². The molecule has 0 spiro atoms. The van der Waals surface area contributed by atoms with Gasteiger partial charge in [0.05, 0.1) is 7.11 Å². The van der Waals surface area contributed by atoms with Gasteiger partial charge in [-0.3, -0.25) is 4.79 Å². The number of nitrogens with two attached hydrogens (primary N) is 1. The fourth-order valence-electron chi connectivity index (χ4n) is 1.30. The van der Waals surface area contributed by atoms with Crippen LogP contribution in [0.1, 0.15) is 0 Å². The van der Waals surface area contributed by atoms with Crippen LogP contribution in [0, 0.1) is 0 Å². The van der Waals surface area contributed by atoms with Gasteiger partial charge in [-0.1, -0.05) is 6.07 Å². The zero-order chi connectivity index (χ0) is 10.1. The van der Waals surface area contributed by atoms with E-state index in [2.05, 4.69) is 4.98 Å². The van der Waals surface area contributed by atoms with Crippen LogP contribution < -0.4 is 16.0 Å². The molecule has 0 bridgehead atoms. The van der Waals surface area contributed by atoms with Crippen molar-refractivity contribution in [2.45, 2.75) is 0 Å². The van der Waals surface area contributed by atoms with Crippen molar-refractivity contribution in [1.29, 1.82) is 0 Å². The number of aromatic nitrogens is 2. The summed E-state index contributed by atoms with van der Waals surface area (Å²) < 4.78 is 6.39. The maximum absolute atomic E-state index is 11.5. The highest BCUT2D eigenvalue weighted by Crippen LogP contribution is 2.10. The van der Waals surface area contributed by atoms with Crippen molar-refractivity contribution in [3.63, 3.8) is 0 Å². The summed E-state index contributed by atoms with van der Waals surface area (Å²) in [6.07, 6.45) is 0. The summed E-state index contributed by atoms with van der Waals surface area (Å²) in [6.45, 7) is 0. The van der Waals surface area contributed by atoms with Crippen molar-refractivity contribution in [1.82, 2.24) is 9.38 Å². The van der Waals surface area contributed by atoms with Crippen molar-refractivity contribution in [2.24, 2.45) is 0 Å². The van der Waals surface area contributed by atoms with E-state index in [4.69, 9.17) is 10.5 Å². The maximum atomic E-state index is 11.5. The average Bonchev–Trinajstić information content (AvgIpc) is 2.16. The molecule has 0 fully saturated rings. The first-order valence-electron chi connectivity index (χ1n) is 4.04. The summed E-state index contributed by atoms with van der Waals surface area (Å²) in [6, 6.07) is 6.39. The second kappa shape index (κ2) is 3.02. The monoisotopic (exact) mass is 191 g/mol. The Morgan fingerprint density at radius 2 is 2.29 bits per heavy atom. The topological polar surface area (TPSA) is 69.6 Å². The fourth-order valence-corrected chi connectivity index (χ4v) is 1.30. The van der Waals surface area contributed by atoms with Crippen LogP contribution in [0.2, 0.25) is 0 Å². The van der Waals surface area contributed by atoms with Gasteiger partial charge < -0.3 is 10.5 Å². The number of hydrogen-bond acceptors (Lipinski definition) is 4. The molecule has 5 nitrogen and oxygen atoms in total. The first-order chi connectivity index (χ1) is 6.72. The van der Waals surface area contributed by atoms with E-state index < -0.39 is 0 Å². The summed E-state index contributed by atoms with van der Waals surface area (Å²) in [4.78, 5) is 15.5. The fraction of sp³-hybridized carbons (Fsp3) is 0.111. The van der Waals surface area contributed by atoms with Crippen LogP contribution >= 0.6 is 0 Å². The second-order valence-electron chi connectivity index (χ2n) is 2.78. The molecule has 2 aromatic heterocycles. The molecular weight excluding hydrogens is 182 g/mol. The van der Waals surface area contributed by atoms with E-state index in [9.17, 15) is 4.79 Å². The molecule has 0 unspecified atom stereocenters. The smallest absolute Gasteiger partial charge is 0.262 e. The lowest BCUT2D eigenvalue weighted by molar-refractivity contribution is 0.390. The molecule has 5 heteroatoms. The van der Waals surface area contributed by atoms with E-state index in [1.165, 1.54) is 17.6 Å². The number of methoxy groups -OCH3 is 1. The molecule has 2 N–H and O–H groups in total. The molecule has 72 valence electrons. The van der Waals surface area contributed by atoms with Gasteiger partial charge in [-0.25, -0.2) is 9.38 Å². The third kappa shape index (κ3) is 1.19. The minimum Gasteiger partial charge on any atom is -0.482 e. The maximum Gasteiger partial charge on any atom is 0.262 e. The van der Waals surface area contributed by atoms with Crippen molar-refractivity contribution >= 4 is 11.5 Å². The van der Waals surface area contributed by atoms with Gasteiger partial charge in [0.25, 0.3) is 5.56 Å². The number of rotatable bonds is 1. The molecule has 0 aliphatic rings. The highest BCUT2D eigenvalue weighted by atomic mass is 16.5. The molecule has 2 aromatic rings. The Bertz CT molecular complexity index is 533. The lowest BCUT2D eigenvalue weighted by Gasteiger charge is -2.05. The highest BCUT2D eigenvalue weighted by Gasteiger charge is 2.03. The van der Waals surface area contributed by atoms with Gasteiger partial charge in [0.1, 0.15) is 11.5 Å². The number of nitrogen functional groups attached to an aromatic ring is 1. The second-order valence-corrected chi connectivity index (χ2v) is 2.78. The first-order valence-corrected chi connectivity index (χ1v) is 4.04. The van der Waals surface area contributed by atoms with Crippen molar-refractivity contribution < 1.29 is 4.74 Å². The van der Waals surface area contributed by atoms with E-state index in [1.54, 1.807) is 18.2 Å². The third-order valence-electron chi connectivity index (χ3n) is 1.88. The molecule has 0 radical (unpaired) electrons. The predicted molar refractivity (Wildman–Crippen MR) is 52.4 cm³/mol. The molecule has 2 heterocycles. The van der Waals surface area contributed by atoms with E-state index in [0.717, 1.165) is 0 Å². The van der Waals surface area contributed by atoms with Gasteiger partial charge in [0.2, 0.25) is 5.88 Å². The van der Waals surface area contributed by atoms with E-state index in [-0.39, 0.29) is 11.4 Å². The Morgan fingerprint density at radius 3 is 3.00 bits per heavy atom. The van der Waals surface area contributed by atoms with E-state index >= 15 is 0 Å². The summed E-state index contributed by atoms with van der Waals surface area (Å²) >= 11 is 0. The average molecular weight is 191 g/mol. The molecule has 14 heavy (non-hydrogen) atoms. The summed E-state index contributed by atoms with van der Waals surface area (Å²) in [5.74, 6) is 0.656. The zero-order valence-electron chi connectivity index (χ0n) is 7.60. The SMILES string of the molecule is COc1cccc2nc(N)cc(=O)n12. The molecule has 0 aliphatic heterocycles. The molecule has 2 rings (SSSR count). The van der Waals surface area contributed by atoms with Crippen molar-refractivity contribution in [2.75, 3.05) is 12.8 Å². The number of ether oxygens (including phenoxy) is 1. The molecule has 0 saturated heterocycles. The summed E-state index contributed by atoms with van der Waals surface area (Å²) in [5, 5.41) is 0. The highest BCUT2D eigenvalue weighted by molar-refractivity contribution is 5.46. The van der Waals surface area contributed by atoms with Crippen LogP contribution in [-0.2, 0) is 0 Å². The normalized spacial score (nSPS) is 10.4. The largest absolute Gasteiger partial charge is 0.482 e. The molecule has 0 atom stereocenters. The van der Waals surface area contributed by atoms with Crippen molar-refractivity contribution in [3.05, 3.63) is 34.6 Å². The zero-order valence-corrected chi connectivity index (χ0v) is 7.60. The summed E-state index contributed by atoms with van der Waals surface area (Å²) in [5.41, 5.74) is 5.69.